The van der Waals surface area contributed by atoms with Crippen LogP contribution in [0.4, 0.5) is 13.2 Å². The lowest BCUT2D eigenvalue weighted by Gasteiger charge is -2.05. The lowest BCUT2D eigenvalue weighted by atomic mass is 10.2. The van der Waals surface area contributed by atoms with Gasteiger partial charge in [0.2, 0.25) is 0 Å². The molecule has 76 valence electrons. The summed E-state index contributed by atoms with van der Waals surface area (Å²) in [6, 6.07) is 0. The number of aromatic hydroxyl groups is 1. The highest BCUT2D eigenvalue weighted by molar-refractivity contribution is 5.87. The molecule has 0 fully saturated rings. The molecular weight excluding hydrogens is 203 g/mol. The molecule has 0 spiro atoms. The first-order chi connectivity index (χ1) is 6.45. The summed E-state index contributed by atoms with van der Waals surface area (Å²) >= 11 is 0. The SMILES string of the molecule is O=C(O)c1ncc(O)c(F)c1C(F)F. The highest BCUT2D eigenvalue weighted by Gasteiger charge is 2.26. The van der Waals surface area contributed by atoms with E-state index in [1.165, 1.54) is 0 Å². The van der Waals surface area contributed by atoms with Gasteiger partial charge in [0.1, 0.15) is 0 Å². The molecular formula is C7H4F3NO3. The van der Waals surface area contributed by atoms with E-state index in [4.69, 9.17) is 10.2 Å². The molecule has 0 unspecified atom stereocenters. The summed E-state index contributed by atoms with van der Waals surface area (Å²) in [4.78, 5) is 13.3. The Labute approximate surface area is 75.6 Å². The van der Waals surface area contributed by atoms with E-state index in [0.717, 1.165) is 0 Å². The van der Waals surface area contributed by atoms with Crippen molar-refractivity contribution in [1.82, 2.24) is 4.98 Å². The minimum Gasteiger partial charge on any atom is -0.504 e. The monoisotopic (exact) mass is 207 g/mol. The van der Waals surface area contributed by atoms with Crippen molar-refractivity contribution in [2.75, 3.05) is 0 Å². The van der Waals surface area contributed by atoms with Gasteiger partial charge in [0.15, 0.2) is 17.3 Å². The van der Waals surface area contributed by atoms with E-state index in [0.29, 0.717) is 6.20 Å². The maximum absolute atomic E-state index is 12.8. The van der Waals surface area contributed by atoms with Gasteiger partial charge in [-0.25, -0.2) is 22.9 Å². The second kappa shape index (κ2) is 3.52. The van der Waals surface area contributed by atoms with Gasteiger partial charge in [-0.1, -0.05) is 0 Å². The molecule has 14 heavy (non-hydrogen) atoms. The maximum Gasteiger partial charge on any atom is 0.355 e. The Kier molecular flexibility index (Phi) is 2.59. The Balaban J connectivity index is 3.45. The zero-order chi connectivity index (χ0) is 10.9. The predicted octanol–water partition coefficient (Wildman–Crippen LogP) is 1.56. The van der Waals surface area contributed by atoms with E-state index in [2.05, 4.69) is 4.98 Å². The van der Waals surface area contributed by atoms with Crippen LogP contribution in [-0.4, -0.2) is 21.2 Å². The van der Waals surface area contributed by atoms with Crippen LogP contribution in [0.3, 0.4) is 0 Å². The first kappa shape index (κ1) is 10.3. The molecule has 1 aromatic heterocycles. The van der Waals surface area contributed by atoms with Crippen molar-refractivity contribution in [3.05, 3.63) is 23.3 Å². The number of pyridine rings is 1. The molecule has 4 nitrogen and oxygen atoms in total. The van der Waals surface area contributed by atoms with E-state index in [-0.39, 0.29) is 0 Å². The molecule has 0 aliphatic carbocycles. The molecule has 1 heterocycles. The third-order valence-electron chi connectivity index (χ3n) is 1.45. The molecule has 0 aromatic carbocycles. The number of rotatable bonds is 2. The molecule has 0 saturated heterocycles. The lowest BCUT2D eigenvalue weighted by Crippen LogP contribution is -2.08. The van der Waals surface area contributed by atoms with Crippen LogP contribution in [0.2, 0.25) is 0 Å². The quantitative estimate of drug-likeness (QED) is 0.771. The number of aromatic carboxylic acids is 1. The number of carbonyl (C=O) groups is 1. The zero-order valence-corrected chi connectivity index (χ0v) is 6.54. The van der Waals surface area contributed by atoms with Crippen LogP contribution in [0.15, 0.2) is 6.20 Å². The lowest BCUT2D eigenvalue weighted by molar-refractivity contribution is 0.0674. The largest absolute Gasteiger partial charge is 0.504 e. The van der Waals surface area contributed by atoms with Crippen molar-refractivity contribution in [2.45, 2.75) is 6.43 Å². The minimum atomic E-state index is -3.35. The van der Waals surface area contributed by atoms with Gasteiger partial charge in [-0.3, -0.25) is 0 Å². The number of hydrogen-bond donors (Lipinski definition) is 2. The fourth-order valence-electron chi connectivity index (χ4n) is 0.863. The molecule has 0 radical (unpaired) electrons. The van der Waals surface area contributed by atoms with Crippen LogP contribution < -0.4 is 0 Å². The average molecular weight is 207 g/mol. The Morgan fingerprint density at radius 2 is 2.07 bits per heavy atom. The van der Waals surface area contributed by atoms with Crippen molar-refractivity contribution in [2.24, 2.45) is 0 Å². The Hall–Kier alpha value is -1.79. The number of carboxylic acid groups (broad SMARTS) is 1. The molecule has 2 N–H and O–H groups in total. The second-order valence-corrected chi connectivity index (χ2v) is 2.33. The smallest absolute Gasteiger partial charge is 0.355 e. The standard InChI is InChI=1S/C7H4F3NO3/c8-4-2(12)1-11-5(7(13)14)3(4)6(9)10/h1,6,12H,(H,13,14). The molecule has 0 aliphatic heterocycles. The van der Waals surface area contributed by atoms with E-state index < -0.39 is 35.2 Å². The molecule has 0 amide bonds. The molecule has 0 bridgehead atoms. The maximum atomic E-state index is 12.8. The highest BCUT2D eigenvalue weighted by atomic mass is 19.3. The number of halogens is 3. The van der Waals surface area contributed by atoms with Crippen molar-refractivity contribution < 1.29 is 28.2 Å². The molecule has 1 rings (SSSR count). The second-order valence-electron chi connectivity index (χ2n) is 2.33. The fraction of sp³-hybridized carbons (Fsp3) is 0.143. The van der Waals surface area contributed by atoms with Gasteiger partial charge in [0, 0.05) is 0 Å². The van der Waals surface area contributed by atoms with Crippen LogP contribution in [0.1, 0.15) is 22.5 Å². The summed E-state index contributed by atoms with van der Waals surface area (Å²) in [6.45, 7) is 0. The minimum absolute atomic E-state index is 0.463. The van der Waals surface area contributed by atoms with Gasteiger partial charge < -0.3 is 10.2 Å². The van der Waals surface area contributed by atoms with Crippen LogP contribution in [0.5, 0.6) is 5.75 Å². The fourth-order valence-corrected chi connectivity index (χ4v) is 0.863. The Morgan fingerprint density at radius 3 is 2.50 bits per heavy atom. The van der Waals surface area contributed by atoms with E-state index >= 15 is 0 Å². The molecule has 0 aliphatic rings. The summed E-state index contributed by atoms with van der Waals surface area (Å²) in [5.41, 5.74) is -2.51. The van der Waals surface area contributed by atoms with Gasteiger partial charge >= 0.3 is 5.97 Å². The molecule has 7 heteroatoms. The topological polar surface area (TPSA) is 70.4 Å². The number of nitrogens with zero attached hydrogens (tertiary/aromatic N) is 1. The number of alkyl halides is 2. The first-order valence-corrected chi connectivity index (χ1v) is 3.34. The highest BCUT2D eigenvalue weighted by Crippen LogP contribution is 2.29. The van der Waals surface area contributed by atoms with Gasteiger partial charge in [-0.2, -0.15) is 0 Å². The number of hydrogen-bond acceptors (Lipinski definition) is 3. The Morgan fingerprint density at radius 1 is 1.50 bits per heavy atom. The molecule has 0 saturated carbocycles. The van der Waals surface area contributed by atoms with Gasteiger partial charge in [-0.05, 0) is 0 Å². The third-order valence-corrected chi connectivity index (χ3v) is 1.45. The summed E-state index contributed by atoms with van der Waals surface area (Å²) in [7, 11) is 0. The van der Waals surface area contributed by atoms with Crippen molar-refractivity contribution in [3.63, 3.8) is 0 Å². The van der Waals surface area contributed by atoms with Gasteiger partial charge in [0.25, 0.3) is 6.43 Å². The normalized spacial score (nSPS) is 10.6. The summed E-state index contributed by atoms with van der Waals surface area (Å²) in [5, 5.41) is 17.1. The summed E-state index contributed by atoms with van der Waals surface area (Å²) in [6.07, 6.45) is -2.88. The van der Waals surface area contributed by atoms with Crippen LogP contribution in [-0.2, 0) is 0 Å². The van der Waals surface area contributed by atoms with Crippen molar-refractivity contribution >= 4 is 5.97 Å². The van der Waals surface area contributed by atoms with Crippen molar-refractivity contribution in [3.8, 4) is 5.75 Å². The summed E-state index contributed by atoms with van der Waals surface area (Å²) in [5.74, 6) is -4.54. The number of carboxylic acids is 1. The van der Waals surface area contributed by atoms with Crippen molar-refractivity contribution in [1.29, 1.82) is 0 Å². The van der Waals surface area contributed by atoms with E-state index in [1.54, 1.807) is 0 Å². The number of aromatic nitrogens is 1. The average Bonchev–Trinajstić information content (AvgIpc) is 2.08. The van der Waals surface area contributed by atoms with Gasteiger partial charge in [-0.15, -0.1) is 0 Å². The van der Waals surface area contributed by atoms with Crippen LogP contribution in [0.25, 0.3) is 0 Å². The van der Waals surface area contributed by atoms with E-state index in [1.807, 2.05) is 0 Å². The summed E-state index contributed by atoms with van der Waals surface area (Å²) < 4.78 is 37.2. The zero-order valence-electron chi connectivity index (χ0n) is 6.54. The third kappa shape index (κ3) is 1.61. The first-order valence-electron chi connectivity index (χ1n) is 3.34. The predicted molar refractivity (Wildman–Crippen MR) is 37.8 cm³/mol. The van der Waals surface area contributed by atoms with E-state index in [9.17, 15) is 18.0 Å². The Bertz CT molecular complexity index is 381. The van der Waals surface area contributed by atoms with Gasteiger partial charge in [0.05, 0.1) is 11.8 Å². The van der Waals surface area contributed by atoms with Crippen LogP contribution >= 0.6 is 0 Å². The molecule has 0 atom stereocenters. The van der Waals surface area contributed by atoms with Crippen LogP contribution in [0, 0.1) is 5.82 Å². The molecule has 1 aromatic rings.